The molecule has 0 spiro atoms. The molecule has 0 fully saturated rings. The largest absolute Gasteiger partial charge is 0.275 e. The Morgan fingerprint density at radius 3 is 2.65 bits per heavy atom. The van der Waals surface area contributed by atoms with Gasteiger partial charge >= 0.3 is 0 Å². The van der Waals surface area contributed by atoms with E-state index in [0.717, 1.165) is 10.3 Å². The maximum absolute atomic E-state index is 12.3. The van der Waals surface area contributed by atoms with Gasteiger partial charge in [0, 0.05) is 15.3 Å². The number of benzene rings is 2. The van der Waals surface area contributed by atoms with Crippen LogP contribution in [-0.4, -0.2) is 9.78 Å². The Labute approximate surface area is 125 Å². The van der Waals surface area contributed by atoms with E-state index in [1.807, 2.05) is 48.5 Å². The second-order valence-electron chi connectivity index (χ2n) is 4.26. The van der Waals surface area contributed by atoms with E-state index in [1.54, 1.807) is 18.0 Å². The molecule has 5 heteroatoms. The van der Waals surface area contributed by atoms with Crippen LogP contribution >= 0.6 is 23.4 Å². The van der Waals surface area contributed by atoms with Crippen molar-refractivity contribution in [2.75, 3.05) is 0 Å². The van der Waals surface area contributed by atoms with Gasteiger partial charge < -0.3 is 0 Å². The van der Waals surface area contributed by atoms with Gasteiger partial charge in [0.2, 0.25) is 0 Å². The number of rotatable bonds is 3. The lowest BCUT2D eigenvalue weighted by molar-refractivity contribution is 0.703. The Hall–Kier alpha value is -1.78. The number of halogens is 1. The number of hydrogen-bond acceptors (Lipinski definition) is 3. The van der Waals surface area contributed by atoms with E-state index in [9.17, 15) is 4.79 Å². The summed E-state index contributed by atoms with van der Waals surface area (Å²) in [7, 11) is 0. The lowest BCUT2D eigenvalue weighted by atomic mass is 10.2. The summed E-state index contributed by atoms with van der Waals surface area (Å²) in [4.78, 5) is 13.3. The Morgan fingerprint density at radius 1 is 1.10 bits per heavy atom. The number of nitrogens with zero attached hydrogens (tertiary/aromatic N) is 2. The SMILES string of the molecule is O=c1c2ccccc2cnn1CSc1ccc(Cl)cc1. The maximum atomic E-state index is 12.3. The van der Waals surface area contributed by atoms with Crippen LogP contribution in [0, 0.1) is 0 Å². The lowest BCUT2D eigenvalue weighted by Gasteiger charge is -2.05. The molecule has 0 bridgehead atoms. The highest BCUT2D eigenvalue weighted by molar-refractivity contribution is 7.98. The van der Waals surface area contributed by atoms with E-state index in [2.05, 4.69) is 5.10 Å². The first-order valence-electron chi connectivity index (χ1n) is 6.07. The van der Waals surface area contributed by atoms with Gasteiger partial charge in [-0.05, 0) is 30.3 Å². The zero-order valence-corrected chi connectivity index (χ0v) is 12.1. The molecule has 0 saturated heterocycles. The topological polar surface area (TPSA) is 34.9 Å². The molecule has 20 heavy (non-hydrogen) atoms. The Bertz CT molecular complexity index is 799. The van der Waals surface area contributed by atoms with E-state index in [4.69, 9.17) is 11.6 Å². The van der Waals surface area contributed by atoms with Crippen LogP contribution in [0.2, 0.25) is 5.02 Å². The van der Waals surface area contributed by atoms with E-state index < -0.39 is 0 Å². The van der Waals surface area contributed by atoms with Gasteiger partial charge in [0.15, 0.2) is 0 Å². The summed E-state index contributed by atoms with van der Waals surface area (Å²) in [6.07, 6.45) is 1.72. The fourth-order valence-electron chi connectivity index (χ4n) is 1.89. The van der Waals surface area contributed by atoms with Crippen LogP contribution < -0.4 is 5.56 Å². The minimum Gasteiger partial charge on any atom is -0.267 e. The van der Waals surface area contributed by atoms with Gasteiger partial charge in [-0.1, -0.05) is 29.8 Å². The molecule has 3 rings (SSSR count). The molecule has 100 valence electrons. The summed E-state index contributed by atoms with van der Waals surface area (Å²) < 4.78 is 1.47. The van der Waals surface area contributed by atoms with Gasteiger partial charge in [-0.25, -0.2) is 4.68 Å². The lowest BCUT2D eigenvalue weighted by Crippen LogP contribution is -2.21. The second-order valence-corrected chi connectivity index (χ2v) is 5.72. The number of fused-ring (bicyclic) bond motifs is 1. The van der Waals surface area contributed by atoms with Crippen LogP contribution in [0.4, 0.5) is 0 Å². The number of thioether (sulfide) groups is 1. The molecule has 0 unspecified atom stereocenters. The van der Waals surface area contributed by atoms with Crippen molar-refractivity contribution >= 4 is 34.1 Å². The zero-order valence-electron chi connectivity index (χ0n) is 10.5. The summed E-state index contributed by atoms with van der Waals surface area (Å²) in [5.74, 6) is 0.477. The van der Waals surface area contributed by atoms with Crippen molar-refractivity contribution in [1.29, 1.82) is 0 Å². The molecule has 0 amide bonds. The molecule has 0 aliphatic heterocycles. The van der Waals surface area contributed by atoms with Crippen molar-refractivity contribution in [3.05, 3.63) is 70.1 Å². The molecule has 0 N–H and O–H groups in total. The minimum atomic E-state index is -0.0652. The third kappa shape index (κ3) is 2.71. The standard InChI is InChI=1S/C15H11ClN2OS/c16-12-5-7-13(8-6-12)20-10-18-15(19)14-4-2-1-3-11(14)9-17-18/h1-9H,10H2. The monoisotopic (exact) mass is 302 g/mol. The summed E-state index contributed by atoms with van der Waals surface area (Å²) in [6, 6.07) is 15.0. The smallest absolute Gasteiger partial charge is 0.267 e. The van der Waals surface area contributed by atoms with Crippen molar-refractivity contribution in [1.82, 2.24) is 9.78 Å². The van der Waals surface area contributed by atoms with Gasteiger partial charge in [0.05, 0.1) is 17.5 Å². The fourth-order valence-corrected chi connectivity index (χ4v) is 2.80. The maximum Gasteiger partial charge on any atom is 0.275 e. The molecule has 0 atom stereocenters. The van der Waals surface area contributed by atoms with Gasteiger partial charge in [-0.3, -0.25) is 4.79 Å². The third-order valence-electron chi connectivity index (χ3n) is 2.93. The van der Waals surface area contributed by atoms with E-state index in [-0.39, 0.29) is 5.56 Å². The molecule has 0 aliphatic carbocycles. The quantitative estimate of drug-likeness (QED) is 0.690. The third-order valence-corrected chi connectivity index (χ3v) is 4.16. The van der Waals surface area contributed by atoms with Crippen LogP contribution in [0.25, 0.3) is 10.8 Å². The second kappa shape index (κ2) is 5.69. The first kappa shape index (κ1) is 13.2. The highest BCUT2D eigenvalue weighted by Crippen LogP contribution is 2.21. The van der Waals surface area contributed by atoms with Crippen LogP contribution in [0.1, 0.15) is 0 Å². The first-order chi connectivity index (χ1) is 9.74. The molecule has 0 aliphatic rings. The highest BCUT2D eigenvalue weighted by atomic mass is 35.5. The average molecular weight is 303 g/mol. The summed E-state index contributed by atoms with van der Waals surface area (Å²) >= 11 is 7.39. The molecule has 3 aromatic rings. The van der Waals surface area contributed by atoms with E-state index >= 15 is 0 Å². The molecule has 1 heterocycles. The molecular formula is C15H11ClN2OS. The van der Waals surface area contributed by atoms with Crippen molar-refractivity contribution < 1.29 is 0 Å². The predicted octanol–water partition coefficient (Wildman–Crippen LogP) is 3.80. The molecule has 3 nitrogen and oxygen atoms in total. The van der Waals surface area contributed by atoms with Gasteiger partial charge in [-0.2, -0.15) is 5.10 Å². The summed E-state index contributed by atoms with van der Waals surface area (Å²) in [5.41, 5.74) is -0.0652. The van der Waals surface area contributed by atoms with Gasteiger partial charge in [0.1, 0.15) is 0 Å². The average Bonchev–Trinajstić information content (AvgIpc) is 2.49. The van der Waals surface area contributed by atoms with Crippen molar-refractivity contribution in [3.8, 4) is 0 Å². The summed E-state index contributed by atoms with van der Waals surface area (Å²) in [5, 5.41) is 6.46. The fraction of sp³-hybridized carbons (Fsp3) is 0.0667. The Balaban J connectivity index is 1.86. The van der Waals surface area contributed by atoms with Crippen LogP contribution in [0.5, 0.6) is 0 Å². The first-order valence-corrected chi connectivity index (χ1v) is 7.43. The number of hydrogen-bond donors (Lipinski definition) is 0. The predicted molar refractivity (Wildman–Crippen MR) is 83.3 cm³/mol. The highest BCUT2D eigenvalue weighted by Gasteiger charge is 2.03. The Morgan fingerprint density at radius 2 is 1.85 bits per heavy atom. The van der Waals surface area contributed by atoms with Crippen LogP contribution in [-0.2, 0) is 5.88 Å². The number of aromatic nitrogens is 2. The van der Waals surface area contributed by atoms with Crippen LogP contribution in [0.3, 0.4) is 0 Å². The molecule has 2 aromatic carbocycles. The normalized spacial score (nSPS) is 10.8. The summed E-state index contributed by atoms with van der Waals surface area (Å²) in [6.45, 7) is 0. The van der Waals surface area contributed by atoms with Crippen molar-refractivity contribution in [3.63, 3.8) is 0 Å². The minimum absolute atomic E-state index is 0.0652. The Kier molecular flexibility index (Phi) is 3.76. The van der Waals surface area contributed by atoms with Crippen LogP contribution in [0.15, 0.2) is 64.4 Å². The van der Waals surface area contributed by atoms with Crippen molar-refractivity contribution in [2.24, 2.45) is 0 Å². The van der Waals surface area contributed by atoms with Crippen molar-refractivity contribution in [2.45, 2.75) is 10.8 Å². The molecular weight excluding hydrogens is 292 g/mol. The molecule has 1 aromatic heterocycles. The van der Waals surface area contributed by atoms with Gasteiger partial charge in [0.25, 0.3) is 5.56 Å². The van der Waals surface area contributed by atoms with E-state index in [0.29, 0.717) is 16.3 Å². The molecule has 0 radical (unpaired) electrons. The van der Waals surface area contributed by atoms with Gasteiger partial charge in [-0.15, -0.1) is 11.8 Å². The zero-order chi connectivity index (χ0) is 13.9. The molecule has 0 saturated carbocycles. The van der Waals surface area contributed by atoms with E-state index in [1.165, 1.54) is 4.68 Å².